The van der Waals surface area contributed by atoms with Crippen LogP contribution in [0.15, 0.2) is 0 Å². The minimum atomic E-state index is 0.300. The molecule has 1 aromatic heterocycles. The van der Waals surface area contributed by atoms with Crippen LogP contribution in [0.3, 0.4) is 0 Å². The summed E-state index contributed by atoms with van der Waals surface area (Å²) in [6, 6.07) is 0. The first kappa shape index (κ1) is 14.5. The Bertz CT molecular complexity index is 304. The summed E-state index contributed by atoms with van der Waals surface area (Å²) in [6.07, 6.45) is 4.44. The number of ether oxygens (including phenoxy) is 1. The van der Waals surface area contributed by atoms with E-state index in [1.807, 2.05) is 0 Å². The molecule has 0 aromatic carbocycles. The zero-order valence-corrected chi connectivity index (χ0v) is 11.8. The van der Waals surface area contributed by atoms with Gasteiger partial charge in [-0.05, 0) is 26.3 Å². The average molecular weight is 257 g/mol. The highest BCUT2D eigenvalue weighted by Crippen LogP contribution is 2.13. The lowest BCUT2D eigenvalue weighted by Crippen LogP contribution is -2.17. The Morgan fingerprint density at radius 3 is 2.59 bits per heavy atom. The summed E-state index contributed by atoms with van der Waals surface area (Å²) in [6.45, 7) is 6.33. The average Bonchev–Trinajstić information content (AvgIpc) is 2.79. The van der Waals surface area contributed by atoms with Crippen molar-refractivity contribution in [3.8, 4) is 0 Å². The van der Waals surface area contributed by atoms with E-state index in [9.17, 15) is 0 Å². The number of methoxy groups -OCH3 is 1. The van der Waals surface area contributed by atoms with Gasteiger partial charge in [0.25, 0.3) is 0 Å². The number of aromatic nitrogens is 2. The Balaban J connectivity index is 2.22. The van der Waals surface area contributed by atoms with E-state index in [2.05, 4.69) is 29.4 Å². The topological polar surface area (TPSA) is 47.0 Å². The monoisotopic (exact) mass is 257 g/mol. The second-order valence-electron chi connectivity index (χ2n) is 4.17. The Morgan fingerprint density at radius 1 is 1.24 bits per heavy atom. The van der Waals surface area contributed by atoms with Gasteiger partial charge in [-0.25, -0.2) is 0 Å². The van der Waals surface area contributed by atoms with Gasteiger partial charge in [-0.1, -0.05) is 6.92 Å². The first-order valence-corrected chi connectivity index (χ1v) is 7.12. The van der Waals surface area contributed by atoms with Crippen LogP contribution in [-0.2, 0) is 17.6 Å². The smallest absolute Gasteiger partial charge is 0.118 e. The van der Waals surface area contributed by atoms with Crippen molar-refractivity contribution >= 4 is 11.3 Å². The van der Waals surface area contributed by atoms with Crippen molar-refractivity contribution in [2.45, 2.75) is 45.6 Å². The fourth-order valence-corrected chi connectivity index (χ4v) is 2.29. The molecule has 0 radical (unpaired) electrons. The number of hydrogen-bond donors (Lipinski definition) is 1. The van der Waals surface area contributed by atoms with E-state index in [1.165, 1.54) is 6.42 Å². The normalized spacial score (nSPS) is 12.9. The summed E-state index contributed by atoms with van der Waals surface area (Å²) < 4.78 is 5.22. The molecule has 4 nitrogen and oxygen atoms in total. The first-order valence-electron chi connectivity index (χ1n) is 6.31. The third kappa shape index (κ3) is 6.10. The van der Waals surface area contributed by atoms with Gasteiger partial charge in [0.2, 0.25) is 0 Å². The Morgan fingerprint density at radius 2 is 1.94 bits per heavy atom. The standard InChI is InChI=1S/C12H23N3OS/c1-4-8-13-9-7-12-15-14-11(17-12)6-5-10(2)16-3/h10,13H,4-9H2,1-3H3. The lowest BCUT2D eigenvalue weighted by atomic mass is 10.2. The van der Waals surface area contributed by atoms with Gasteiger partial charge in [0.05, 0.1) is 6.10 Å². The largest absolute Gasteiger partial charge is 0.382 e. The lowest BCUT2D eigenvalue weighted by molar-refractivity contribution is 0.111. The van der Waals surface area contributed by atoms with Gasteiger partial charge in [-0.2, -0.15) is 0 Å². The second kappa shape index (κ2) is 8.55. The molecule has 0 aliphatic carbocycles. The Labute approximate surface area is 108 Å². The summed E-state index contributed by atoms with van der Waals surface area (Å²) in [5, 5.41) is 14.0. The molecule has 1 aromatic rings. The van der Waals surface area contributed by atoms with E-state index in [0.29, 0.717) is 6.10 Å². The molecular formula is C12H23N3OS. The number of aryl methyl sites for hydroxylation is 1. The highest BCUT2D eigenvalue weighted by Gasteiger charge is 2.06. The van der Waals surface area contributed by atoms with Gasteiger partial charge in [-0.15, -0.1) is 21.5 Å². The minimum absolute atomic E-state index is 0.300. The minimum Gasteiger partial charge on any atom is -0.382 e. The van der Waals surface area contributed by atoms with Crippen molar-refractivity contribution in [1.82, 2.24) is 15.5 Å². The highest BCUT2D eigenvalue weighted by atomic mass is 32.1. The van der Waals surface area contributed by atoms with Crippen molar-refractivity contribution in [2.24, 2.45) is 0 Å². The van der Waals surface area contributed by atoms with Crippen LogP contribution >= 0.6 is 11.3 Å². The second-order valence-corrected chi connectivity index (χ2v) is 5.32. The molecule has 0 aliphatic rings. The van der Waals surface area contributed by atoms with E-state index >= 15 is 0 Å². The van der Waals surface area contributed by atoms with Gasteiger partial charge >= 0.3 is 0 Å². The molecule has 0 bridgehead atoms. The molecule has 1 unspecified atom stereocenters. The van der Waals surface area contributed by atoms with Crippen molar-refractivity contribution in [1.29, 1.82) is 0 Å². The van der Waals surface area contributed by atoms with Crippen molar-refractivity contribution in [3.63, 3.8) is 0 Å². The molecule has 98 valence electrons. The molecule has 0 aliphatic heterocycles. The van der Waals surface area contributed by atoms with E-state index < -0.39 is 0 Å². The molecule has 1 rings (SSSR count). The van der Waals surface area contributed by atoms with Gasteiger partial charge < -0.3 is 10.1 Å². The number of nitrogens with one attached hydrogen (secondary N) is 1. The maximum Gasteiger partial charge on any atom is 0.118 e. The first-order chi connectivity index (χ1) is 8.26. The van der Waals surface area contributed by atoms with E-state index in [0.717, 1.165) is 42.4 Å². The molecule has 0 saturated carbocycles. The fraction of sp³-hybridized carbons (Fsp3) is 0.833. The Kier molecular flexibility index (Phi) is 7.32. The molecule has 5 heteroatoms. The van der Waals surface area contributed by atoms with Crippen LogP contribution in [0.25, 0.3) is 0 Å². The third-order valence-electron chi connectivity index (χ3n) is 2.62. The quantitative estimate of drug-likeness (QED) is 0.688. The summed E-state index contributed by atoms with van der Waals surface area (Å²) in [5.74, 6) is 0. The van der Waals surface area contributed by atoms with Crippen LogP contribution in [0.1, 0.15) is 36.7 Å². The van der Waals surface area contributed by atoms with Crippen molar-refractivity contribution in [2.75, 3.05) is 20.2 Å². The van der Waals surface area contributed by atoms with Crippen LogP contribution in [0.2, 0.25) is 0 Å². The van der Waals surface area contributed by atoms with Gasteiger partial charge in [0, 0.05) is 26.5 Å². The van der Waals surface area contributed by atoms with Gasteiger partial charge in [0.15, 0.2) is 0 Å². The van der Waals surface area contributed by atoms with E-state index in [-0.39, 0.29) is 0 Å². The third-order valence-corrected chi connectivity index (χ3v) is 3.66. The van der Waals surface area contributed by atoms with Crippen molar-refractivity contribution in [3.05, 3.63) is 10.0 Å². The molecule has 1 heterocycles. The number of rotatable bonds is 9. The highest BCUT2D eigenvalue weighted by molar-refractivity contribution is 7.11. The summed E-state index contributed by atoms with van der Waals surface area (Å²) in [7, 11) is 1.75. The summed E-state index contributed by atoms with van der Waals surface area (Å²) >= 11 is 1.73. The predicted molar refractivity (Wildman–Crippen MR) is 71.6 cm³/mol. The molecule has 1 atom stereocenters. The summed E-state index contributed by atoms with van der Waals surface area (Å²) in [4.78, 5) is 0. The van der Waals surface area contributed by atoms with E-state index in [4.69, 9.17) is 4.74 Å². The van der Waals surface area contributed by atoms with Gasteiger partial charge in [0.1, 0.15) is 10.0 Å². The molecular weight excluding hydrogens is 234 g/mol. The van der Waals surface area contributed by atoms with Crippen LogP contribution in [0.5, 0.6) is 0 Å². The zero-order valence-electron chi connectivity index (χ0n) is 11.0. The number of nitrogens with zero attached hydrogens (tertiary/aromatic N) is 2. The molecule has 0 spiro atoms. The zero-order chi connectivity index (χ0) is 12.5. The van der Waals surface area contributed by atoms with Crippen LogP contribution in [-0.4, -0.2) is 36.5 Å². The maximum absolute atomic E-state index is 5.22. The molecule has 0 amide bonds. The van der Waals surface area contributed by atoms with Crippen LogP contribution < -0.4 is 5.32 Å². The number of hydrogen-bond acceptors (Lipinski definition) is 5. The maximum atomic E-state index is 5.22. The SMILES string of the molecule is CCCNCCc1nnc(CCC(C)OC)s1. The summed E-state index contributed by atoms with van der Waals surface area (Å²) in [5.41, 5.74) is 0. The van der Waals surface area contributed by atoms with Crippen LogP contribution in [0.4, 0.5) is 0 Å². The van der Waals surface area contributed by atoms with Crippen LogP contribution in [0, 0.1) is 0 Å². The molecule has 0 fully saturated rings. The Hall–Kier alpha value is -0.520. The van der Waals surface area contributed by atoms with Crippen molar-refractivity contribution < 1.29 is 4.74 Å². The molecule has 1 N–H and O–H groups in total. The molecule has 0 saturated heterocycles. The predicted octanol–water partition coefficient (Wildman–Crippen LogP) is 2.05. The van der Waals surface area contributed by atoms with E-state index in [1.54, 1.807) is 18.4 Å². The molecule has 17 heavy (non-hydrogen) atoms. The lowest BCUT2D eigenvalue weighted by Gasteiger charge is -2.06. The van der Waals surface area contributed by atoms with Gasteiger partial charge in [-0.3, -0.25) is 0 Å². The fourth-order valence-electron chi connectivity index (χ4n) is 1.43.